The Hall–Kier alpha value is -1.42. The smallest absolute Gasteiger partial charge is 0.223 e. The average molecular weight is 318 g/mol. The summed E-state index contributed by atoms with van der Waals surface area (Å²) in [4.78, 5) is 14.6. The van der Waals surface area contributed by atoms with Crippen LogP contribution in [0.5, 0.6) is 0 Å². The van der Waals surface area contributed by atoms with Crippen molar-refractivity contribution in [3.05, 3.63) is 35.6 Å². The van der Waals surface area contributed by atoms with E-state index >= 15 is 0 Å². The van der Waals surface area contributed by atoms with Gasteiger partial charge >= 0.3 is 0 Å². The molecule has 3 rings (SSSR count). The summed E-state index contributed by atoms with van der Waals surface area (Å²) in [6.45, 7) is 5.03. The summed E-state index contributed by atoms with van der Waals surface area (Å²) in [7, 11) is 0. The lowest BCUT2D eigenvalue weighted by atomic mass is 9.93. The summed E-state index contributed by atoms with van der Waals surface area (Å²) in [5.74, 6) is 1.10. The molecule has 0 saturated carbocycles. The van der Waals surface area contributed by atoms with Gasteiger partial charge in [0.2, 0.25) is 5.91 Å². The molecule has 0 bridgehead atoms. The second-order valence-corrected chi connectivity index (χ2v) is 7.16. The maximum Gasteiger partial charge on any atom is 0.223 e. The Kier molecular flexibility index (Phi) is 5.31. The molecule has 0 spiro atoms. The molecular formula is C19H27FN2O. The van der Waals surface area contributed by atoms with Crippen LogP contribution in [0.15, 0.2) is 24.3 Å². The number of likely N-dealkylation sites (tertiary alicyclic amines) is 1. The first kappa shape index (κ1) is 16.4. The van der Waals surface area contributed by atoms with E-state index < -0.39 is 0 Å². The first-order valence-electron chi connectivity index (χ1n) is 8.89. The van der Waals surface area contributed by atoms with Crippen molar-refractivity contribution in [2.75, 3.05) is 19.6 Å². The molecule has 126 valence electrons. The van der Waals surface area contributed by atoms with Gasteiger partial charge in [0.25, 0.3) is 0 Å². The number of halogens is 1. The fourth-order valence-electron chi connectivity index (χ4n) is 4.00. The highest BCUT2D eigenvalue weighted by Gasteiger charge is 2.35. The SMILES string of the molecule is C[C@H]1C[C@H](c2ccccc2F)N(C(=O)CCC2CCNCC2)C1. The van der Waals surface area contributed by atoms with Crippen LogP contribution in [-0.2, 0) is 4.79 Å². The highest BCUT2D eigenvalue weighted by atomic mass is 19.1. The monoisotopic (exact) mass is 318 g/mol. The zero-order valence-corrected chi connectivity index (χ0v) is 13.9. The van der Waals surface area contributed by atoms with Crippen LogP contribution >= 0.6 is 0 Å². The second kappa shape index (κ2) is 7.43. The molecule has 3 nitrogen and oxygen atoms in total. The van der Waals surface area contributed by atoms with Crippen LogP contribution in [0, 0.1) is 17.7 Å². The van der Waals surface area contributed by atoms with E-state index in [1.54, 1.807) is 6.07 Å². The molecule has 2 aliphatic heterocycles. The van der Waals surface area contributed by atoms with Gasteiger partial charge in [-0.2, -0.15) is 0 Å². The molecule has 2 fully saturated rings. The average Bonchev–Trinajstić information content (AvgIpc) is 2.96. The standard InChI is InChI=1S/C19H27FN2O/c1-14-12-18(16-4-2-3-5-17(16)20)22(13-14)19(23)7-6-15-8-10-21-11-9-15/h2-5,14-15,18,21H,6-13H2,1H3/t14-,18+/m0/s1. The number of hydrogen-bond acceptors (Lipinski definition) is 2. The van der Waals surface area contributed by atoms with Crippen LogP contribution in [0.3, 0.4) is 0 Å². The number of hydrogen-bond donors (Lipinski definition) is 1. The number of piperidine rings is 1. The minimum atomic E-state index is -0.192. The Bertz CT molecular complexity index is 542. The summed E-state index contributed by atoms with van der Waals surface area (Å²) >= 11 is 0. The summed E-state index contributed by atoms with van der Waals surface area (Å²) < 4.78 is 14.1. The fourth-order valence-corrected chi connectivity index (χ4v) is 4.00. The molecule has 2 saturated heterocycles. The molecule has 0 aromatic heterocycles. The number of carbonyl (C=O) groups excluding carboxylic acids is 1. The molecule has 1 N–H and O–H groups in total. The molecule has 1 aromatic carbocycles. The Labute approximate surface area is 138 Å². The van der Waals surface area contributed by atoms with E-state index in [-0.39, 0.29) is 17.8 Å². The zero-order chi connectivity index (χ0) is 16.2. The normalized spacial score (nSPS) is 25.7. The molecule has 2 heterocycles. The Morgan fingerprint density at radius 1 is 1.30 bits per heavy atom. The van der Waals surface area contributed by atoms with E-state index in [9.17, 15) is 9.18 Å². The van der Waals surface area contributed by atoms with Crippen LogP contribution in [0.1, 0.15) is 50.6 Å². The summed E-state index contributed by atoms with van der Waals surface area (Å²) in [5, 5.41) is 3.36. The fraction of sp³-hybridized carbons (Fsp3) is 0.632. The first-order chi connectivity index (χ1) is 11.1. The minimum absolute atomic E-state index is 0.0910. The van der Waals surface area contributed by atoms with Gasteiger partial charge in [-0.15, -0.1) is 0 Å². The van der Waals surface area contributed by atoms with Gasteiger partial charge in [-0.3, -0.25) is 4.79 Å². The van der Waals surface area contributed by atoms with Crippen molar-refractivity contribution in [2.24, 2.45) is 11.8 Å². The van der Waals surface area contributed by atoms with Crippen LogP contribution in [-0.4, -0.2) is 30.4 Å². The molecule has 0 unspecified atom stereocenters. The van der Waals surface area contributed by atoms with Gasteiger partial charge in [-0.05, 0) is 56.7 Å². The van der Waals surface area contributed by atoms with Crippen LogP contribution in [0.4, 0.5) is 4.39 Å². The van der Waals surface area contributed by atoms with Crippen molar-refractivity contribution in [3.63, 3.8) is 0 Å². The van der Waals surface area contributed by atoms with Crippen LogP contribution in [0.25, 0.3) is 0 Å². The molecule has 1 amide bonds. The van der Waals surface area contributed by atoms with Crippen molar-refractivity contribution in [1.29, 1.82) is 0 Å². The number of rotatable bonds is 4. The quantitative estimate of drug-likeness (QED) is 0.921. The summed E-state index contributed by atoms with van der Waals surface area (Å²) in [6.07, 6.45) is 4.76. The van der Waals surface area contributed by atoms with Gasteiger partial charge in [-0.25, -0.2) is 4.39 Å². The second-order valence-electron chi connectivity index (χ2n) is 7.16. The van der Waals surface area contributed by atoms with Crippen molar-refractivity contribution in [3.8, 4) is 0 Å². The molecule has 23 heavy (non-hydrogen) atoms. The molecule has 2 atom stereocenters. The van der Waals surface area contributed by atoms with Gasteiger partial charge in [0.05, 0.1) is 6.04 Å². The molecule has 4 heteroatoms. The number of carbonyl (C=O) groups is 1. The molecular weight excluding hydrogens is 291 g/mol. The van der Waals surface area contributed by atoms with E-state index in [1.807, 2.05) is 17.0 Å². The summed E-state index contributed by atoms with van der Waals surface area (Å²) in [6, 6.07) is 6.80. The summed E-state index contributed by atoms with van der Waals surface area (Å²) in [5.41, 5.74) is 0.673. The molecule has 0 aliphatic carbocycles. The predicted molar refractivity (Wildman–Crippen MR) is 89.5 cm³/mol. The number of nitrogens with one attached hydrogen (secondary N) is 1. The topological polar surface area (TPSA) is 32.3 Å². The lowest BCUT2D eigenvalue weighted by Gasteiger charge is -2.27. The predicted octanol–water partition coefficient (Wildman–Crippen LogP) is 3.52. The number of benzene rings is 1. The largest absolute Gasteiger partial charge is 0.335 e. The Morgan fingerprint density at radius 3 is 2.78 bits per heavy atom. The Morgan fingerprint density at radius 2 is 2.04 bits per heavy atom. The van der Waals surface area contributed by atoms with Gasteiger partial charge in [0, 0.05) is 18.5 Å². The number of nitrogens with zero attached hydrogens (tertiary/aromatic N) is 1. The maximum absolute atomic E-state index is 14.1. The lowest BCUT2D eigenvalue weighted by molar-refractivity contribution is -0.132. The van der Waals surface area contributed by atoms with Gasteiger partial charge < -0.3 is 10.2 Å². The molecule has 1 aromatic rings. The minimum Gasteiger partial charge on any atom is -0.335 e. The van der Waals surface area contributed by atoms with Crippen LogP contribution in [0.2, 0.25) is 0 Å². The molecule has 0 radical (unpaired) electrons. The third-order valence-corrected chi connectivity index (χ3v) is 5.32. The lowest BCUT2D eigenvalue weighted by Crippen LogP contribution is -2.33. The van der Waals surface area contributed by atoms with E-state index in [0.29, 0.717) is 23.8 Å². The van der Waals surface area contributed by atoms with Gasteiger partial charge in [0.1, 0.15) is 5.82 Å². The first-order valence-corrected chi connectivity index (χ1v) is 8.89. The van der Waals surface area contributed by atoms with E-state index in [1.165, 1.54) is 18.9 Å². The van der Waals surface area contributed by atoms with Crippen molar-refractivity contribution < 1.29 is 9.18 Å². The van der Waals surface area contributed by atoms with Gasteiger partial charge in [0.15, 0.2) is 0 Å². The third kappa shape index (κ3) is 3.92. The van der Waals surface area contributed by atoms with Crippen molar-refractivity contribution >= 4 is 5.91 Å². The van der Waals surface area contributed by atoms with E-state index in [2.05, 4.69) is 12.2 Å². The highest BCUT2D eigenvalue weighted by Crippen LogP contribution is 2.37. The zero-order valence-electron chi connectivity index (χ0n) is 13.9. The van der Waals surface area contributed by atoms with Gasteiger partial charge in [-0.1, -0.05) is 25.1 Å². The maximum atomic E-state index is 14.1. The number of amides is 1. The Balaban J connectivity index is 1.64. The van der Waals surface area contributed by atoms with Crippen LogP contribution < -0.4 is 5.32 Å². The third-order valence-electron chi connectivity index (χ3n) is 5.32. The molecule has 2 aliphatic rings. The van der Waals surface area contributed by atoms with Crippen molar-refractivity contribution in [2.45, 2.75) is 45.1 Å². The highest BCUT2D eigenvalue weighted by molar-refractivity contribution is 5.77. The van der Waals surface area contributed by atoms with Crippen molar-refractivity contribution in [1.82, 2.24) is 10.2 Å². The van der Waals surface area contributed by atoms with E-state index in [4.69, 9.17) is 0 Å². The van der Waals surface area contributed by atoms with E-state index in [0.717, 1.165) is 32.5 Å².